The van der Waals surface area contributed by atoms with Gasteiger partial charge in [-0.15, -0.1) is 0 Å². The van der Waals surface area contributed by atoms with E-state index in [2.05, 4.69) is 24.5 Å². The molecule has 110 valence electrons. The third kappa shape index (κ3) is 5.40. The Labute approximate surface area is 119 Å². The van der Waals surface area contributed by atoms with Crippen LogP contribution in [-0.4, -0.2) is 24.4 Å². The summed E-state index contributed by atoms with van der Waals surface area (Å²) in [4.78, 5) is 22.8. The number of carbonyl (C=O) groups is 2. The maximum atomic E-state index is 11.8. The molecule has 1 aromatic carbocycles. The van der Waals surface area contributed by atoms with E-state index in [1.54, 1.807) is 18.2 Å². The van der Waals surface area contributed by atoms with Crippen molar-refractivity contribution in [1.82, 2.24) is 5.32 Å². The zero-order valence-corrected chi connectivity index (χ0v) is 12.3. The fourth-order valence-electron chi connectivity index (χ4n) is 1.81. The predicted molar refractivity (Wildman–Crippen MR) is 80.7 cm³/mol. The van der Waals surface area contributed by atoms with Gasteiger partial charge in [0.15, 0.2) is 0 Å². The SMILES string of the molecule is Cc1cc(C(N)=O)ccc1NC(=O)CCCNC(C)C. The second-order valence-electron chi connectivity index (χ2n) is 5.15. The lowest BCUT2D eigenvalue weighted by atomic mass is 10.1. The topological polar surface area (TPSA) is 84.2 Å². The first-order valence-corrected chi connectivity index (χ1v) is 6.84. The van der Waals surface area contributed by atoms with Crippen molar-refractivity contribution in [2.24, 2.45) is 5.73 Å². The smallest absolute Gasteiger partial charge is 0.248 e. The molecule has 0 fully saturated rings. The average Bonchev–Trinajstić information content (AvgIpc) is 2.36. The van der Waals surface area contributed by atoms with E-state index in [1.165, 1.54) is 0 Å². The maximum absolute atomic E-state index is 11.8. The molecule has 0 heterocycles. The van der Waals surface area contributed by atoms with E-state index < -0.39 is 5.91 Å². The Hall–Kier alpha value is -1.88. The molecule has 5 nitrogen and oxygen atoms in total. The van der Waals surface area contributed by atoms with Gasteiger partial charge in [0, 0.05) is 23.7 Å². The maximum Gasteiger partial charge on any atom is 0.248 e. The highest BCUT2D eigenvalue weighted by Crippen LogP contribution is 2.16. The lowest BCUT2D eigenvalue weighted by Gasteiger charge is -2.10. The molecule has 2 amide bonds. The van der Waals surface area contributed by atoms with Gasteiger partial charge in [-0.3, -0.25) is 9.59 Å². The number of carbonyl (C=O) groups excluding carboxylic acids is 2. The van der Waals surface area contributed by atoms with Crippen molar-refractivity contribution >= 4 is 17.5 Å². The number of rotatable bonds is 7. The van der Waals surface area contributed by atoms with Crippen molar-refractivity contribution in [2.45, 2.75) is 39.7 Å². The Balaban J connectivity index is 2.48. The molecule has 0 saturated heterocycles. The zero-order valence-electron chi connectivity index (χ0n) is 12.3. The molecule has 0 radical (unpaired) electrons. The van der Waals surface area contributed by atoms with Gasteiger partial charge in [-0.2, -0.15) is 0 Å². The molecule has 20 heavy (non-hydrogen) atoms. The van der Waals surface area contributed by atoms with Crippen molar-refractivity contribution in [2.75, 3.05) is 11.9 Å². The van der Waals surface area contributed by atoms with Crippen LogP contribution in [0.2, 0.25) is 0 Å². The molecule has 0 unspecified atom stereocenters. The summed E-state index contributed by atoms with van der Waals surface area (Å²) in [5.41, 5.74) is 7.20. The van der Waals surface area contributed by atoms with Crippen molar-refractivity contribution in [3.8, 4) is 0 Å². The highest BCUT2D eigenvalue weighted by molar-refractivity contribution is 5.95. The molecule has 0 saturated carbocycles. The van der Waals surface area contributed by atoms with Crippen molar-refractivity contribution in [1.29, 1.82) is 0 Å². The number of nitrogens with one attached hydrogen (secondary N) is 2. The fraction of sp³-hybridized carbons (Fsp3) is 0.467. The Bertz CT molecular complexity index is 484. The van der Waals surface area contributed by atoms with Crippen LogP contribution in [0, 0.1) is 6.92 Å². The summed E-state index contributed by atoms with van der Waals surface area (Å²) in [6, 6.07) is 5.44. The van der Waals surface area contributed by atoms with Crippen LogP contribution in [0.25, 0.3) is 0 Å². The lowest BCUT2D eigenvalue weighted by molar-refractivity contribution is -0.116. The van der Waals surface area contributed by atoms with Crippen molar-refractivity contribution in [3.63, 3.8) is 0 Å². The van der Waals surface area contributed by atoms with E-state index in [0.29, 0.717) is 18.0 Å². The van der Waals surface area contributed by atoms with Crippen LogP contribution in [0.5, 0.6) is 0 Å². The van der Waals surface area contributed by atoms with Gasteiger partial charge in [0.25, 0.3) is 0 Å². The fourth-order valence-corrected chi connectivity index (χ4v) is 1.81. The lowest BCUT2D eigenvalue weighted by Crippen LogP contribution is -2.24. The Morgan fingerprint density at radius 3 is 2.55 bits per heavy atom. The molecule has 0 atom stereocenters. The van der Waals surface area contributed by atoms with Crippen LogP contribution in [0.3, 0.4) is 0 Å². The average molecular weight is 277 g/mol. The summed E-state index contributed by atoms with van der Waals surface area (Å²) in [6.45, 7) is 6.81. The minimum absolute atomic E-state index is 0.0227. The summed E-state index contributed by atoms with van der Waals surface area (Å²) in [7, 11) is 0. The number of hydrogen-bond donors (Lipinski definition) is 3. The molecule has 4 N–H and O–H groups in total. The van der Waals surface area contributed by atoms with Gasteiger partial charge < -0.3 is 16.4 Å². The first-order chi connectivity index (χ1) is 9.40. The van der Waals surface area contributed by atoms with Gasteiger partial charge in [-0.25, -0.2) is 0 Å². The van der Waals surface area contributed by atoms with Gasteiger partial charge in [-0.1, -0.05) is 13.8 Å². The Morgan fingerprint density at radius 1 is 1.30 bits per heavy atom. The molecule has 0 aliphatic carbocycles. The largest absolute Gasteiger partial charge is 0.366 e. The number of hydrogen-bond acceptors (Lipinski definition) is 3. The minimum Gasteiger partial charge on any atom is -0.366 e. The van der Waals surface area contributed by atoms with Crippen LogP contribution in [-0.2, 0) is 4.79 Å². The second kappa shape index (κ2) is 7.65. The van der Waals surface area contributed by atoms with E-state index in [-0.39, 0.29) is 5.91 Å². The van der Waals surface area contributed by atoms with E-state index >= 15 is 0 Å². The standard InChI is InChI=1S/C15H23N3O2/c1-10(2)17-8-4-5-14(19)18-13-7-6-12(15(16)20)9-11(13)3/h6-7,9-10,17H,4-5,8H2,1-3H3,(H2,16,20)(H,18,19). The van der Waals surface area contributed by atoms with Gasteiger partial charge >= 0.3 is 0 Å². The summed E-state index contributed by atoms with van der Waals surface area (Å²) in [5, 5.41) is 6.11. The highest BCUT2D eigenvalue weighted by Gasteiger charge is 2.07. The summed E-state index contributed by atoms with van der Waals surface area (Å²) in [6.07, 6.45) is 1.26. The zero-order chi connectivity index (χ0) is 15.1. The van der Waals surface area contributed by atoms with E-state index in [4.69, 9.17) is 5.73 Å². The number of amides is 2. The normalized spacial score (nSPS) is 10.6. The Kier molecular flexibility index (Phi) is 6.18. The monoisotopic (exact) mass is 277 g/mol. The second-order valence-corrected chi connectivity index (χ2v) is 5.15. The van der Waals surface area contributed by atoms with Crippen LogP contribution in [0.15, 0.2) is 18.2 Å². The van der Waals surface area contributed by atoms with Crippen LogP contribution in [0.4, 0.5) is 5.69 Å². The van der Waals surface area contributed by atoms with E-state index in [9.17, 15) is 9.59 Å². The molecule has 1 aromatic rings. The van der Waals surface area contributed by atoms with E-state index in [0.717, 1.165) is 24.2 Å². The molecule has 0 aliphatic heterocycles. The van der Waals surface area contributed by atoms with Crippen LogP contribution in [0.1, 0.15) is 42.6 Å². The number of nitrogens with two attached hydrogens (primary N) is 1. The summed E-state index contributed by atoms with van der Waals surface area (Å²) >= 11 is 0. The van der Waals surface area contributed by atoms with Crippen molar-refractivity contribution in [3.05, 3.63) is 29.3 Å². The molecule has 0 spiro atoms. The molecule has 0 aromatic heterocycles. The minimum atomic E-state index is -0.467. The molecule has 1 rings (SSSR count). The Morgan fingerprint density at radius 2 is 2.00 bits per heavy atom. The molecular formula is C15H23N3O2. The number of primary amides is 1. The number of aryl methyl sites for hydroxylation is 1. The number of anilines is 1. The quantitative estimate of drug-likeness (QED) is 0.665. The summed E-state index contributed by atoms with van der Waals surface area (Å²) < 4.78 is 0. The third-order valence-corrected chi connectivity index (χ3v) is 2.92. The predicted octanol–water partition coefficient (Wildman–Crippen LogP) is 1.81. The first-order valence-electron chi connectivity index (χ1n) is 6.84. The van der Waals surface area contributed by atoms with Crippen LogP contribution >= 0.6 is 0 Å². The summed E-state index contributed by atoms with van der Waals surface area (Å²) in [5.74, 6) is -0.490. The van der Waals surface area contributed by atoms with Gasteiger partial charge in [0.2, 0.25) is 11.8 Å². The van der Waals surface area contributed by atoms with E-state index in [1.807, 2.05) is 6.92 Å². The molecule has 0 bridgehead atoms. The van der Waals surface area contributed by atoms with Crippen molar-refractivity contribution < 1.29 is 9.59 Å². The molecular weight excluding hydrogens is 254 g/mol. The van der Waals surface area contributed by atoms with Gasteiger partial charge in [-0.05, 0) is 43.7 Å². The van der Waals surface area contributed by atoms with Gasteiger partial charge in [0.05, 0.1) is 0 Å². The molecule has 0 aliphatic rings. The first kappa shape index (κ1) is 16.2. The molecule has 5 heteroatoms. The van der Waals surface area contributed by atoms with Crippen LogP contribution < -0.4 is 16.4 Å². The third-order valence-electron chi connectivity index (χ3n) is 2.92. The van der Waals surface area contributed by atoms with Gasteiger partial charge in [0.1, 0.15) is 0 Å². The highest BCUT2D eigenvalue weighted by atomic mass is 16.1. The number of benzene rings is 1.